The van der Waals surface area contributed by atoms with E-state index in [2.05, 4.69) is 23.8 Å². The van der Waals surface area contributed by atoms with Gasteiger partial charge in [-0.05, 0) is 65.6 Å². The molecule has 29 heavy (non-hydrogen) atoms. The number of imidazole rings is 1. The van der Waals surface area contributed by atoms with Gasteiger partial charge in [0.25, 0.3) is 5.91 Å². The number of amides is 1. The second-order valence-corrected chi connectivity index (χ2v) is 8.54. The quantitative estimate of drug-likeness (QED) is 0.701. The molecule has 2 aliphatic rings. The Morgan fingerprint density at radius 2 is 2.00 bits per heavy atom. The van der Waals surface area contributed by atoms with Gasteiger partial charge in [0.05, 0.1) is 22.9 Å². The number of carbonyl (C=O) groups is 2. The molecule has 3 aromatic rings. The lowest BCUT2D eigenvalue weighted by atomic mass is 9.59. The molecule has 2 bridgehead atoms. The third-order valence-corrected chi connectivity index (χ3v) is 7.18. The Bertz CT molecular complexity index is 1150. The first-order valence-corrected chi connectivity index (χ1v) is 9.99. The molecule has 2 aromatic carbocycles. The second kappa shape index (κ2) is 6.17. The number of carbonyl (C=O) groups excluding carboxylic acids is 1. The van der Waals surface area contributed by atoms with E-state index in [1.165, 1.54) is 0 Å². The van der Waals surface area contributed by atoms with Crippen LogP contribution in [0, 0.1) is 5.92 Å². The van der Waals surface area contributed by atoms with Gasteiger partial charge in [-0.2, -0.15) is 0 Å². The summed E-state index contributed by atoms with van der Waals surface area (Å²) in [5.41, 5.74) is 4.87. The second-order valence-electron chi connectivity index (χ2n) is 8.54. The maximum Gasteiger partial charge on any atom is 0.335 e. The van der Waals surface area contributed by atoms with Gasteiger partial charge in [-0.1, -0.05) is 19.9 Å². The number of carboxylic acid groups (broad SMARTS) is 1. The molecule has 1 saturated heterocycles. The van der Waals surface area contributed by atoms with Crippen molar-refractivity contribution < 1.29 is 14.7 Å². The number of nitrogens with zero attached hydrogens (tertiary/aromatic N) is 2. The third-order valence-electron chi connectivity index (χ3n) is 7.18. The van der Waals surface area contributed by atoms with Crippen molar-refractivity contribution in [3.8, 4) is 0 Å². The van der Waals surface area contributed by atoms with Crippen LogP contribution in [0.5, 0.6) is 0 Å². The van der Waals surface area contributed by atoms with Crippen molar-refractivity contribution in [3.63, 3.8) is 0 Å². The first kappa shape index (κ1) is 17.9. The van der Waals surface area contributed by atoms with Crippen molar-refractivity contribution in [3.05, 3.63) is 65.0 Å². The molecule has 1 aliphatic heterocycles. The Kier molecular flexibility index (Phi) is 3.81. The number of benzene rings is 2. The molecule has 2 N–H and O–H groups in total. The minimum atomic E-state index is -0.895. The zero-order valence-electron chi connectivity index (χ0n) is 16.5. The van der Waals surface area contributed by atoms with Gasteiger partial charge in [0.2, 0.25) is 0 Å². The SMILES string of the molecule is CC1C2Cc3ccc(C(=O)O)cc3[C@]1(C)CCN2C(=O)c1ccc2nc[nH]c2c1. The number of fused-ring (bicyclic) bond motifs is 5. The van der Waals surface area contributed by atoms with Gasteiger partial charge in [-0.15, -0.1) is 0 Å². The van der Waals surface area contributed by atoms with Gasteiger partial charge in [0.1, 0.15) is 0 Å². The largest absolute Gasteiger partial charge is 0.478 e. The van der Waals surface area contributed by atoms with Crippen molar-refractivity contribution in [2.75, 3.05) is 6.54 Å². The highest BCUT2D eigenvalue weighted by atomic mass is 16.4. The summed E-state index contributed by atoms with van der Waals surface area (Å²) in [5.74, 6) is -0.605. The summed E-state index contributed by atoms with van der Waals surface area (Å²) < 4.78 is 0. The van der Waals surface area contributed by atoms with E-state index in [1.54, 1.807) is 12.4 Å². The Labute approximate surface area is 168 Å². The number of hydrogen-bond donors (Lipinski definition) is 2. The van der Waals surface area contributed by atoms with E-state index in [0.29, 0.717) is 17.7 Å². The standard InChI is InChI=1S/C23H23N3O3/c1-13-20-11-14-3-4-16(22(28)29)9-17(14)23(13,2)7-8-26(20)21(27)15-5-6-18-19(10-15)25-12-24-18/h3-6,9-10,12-13,20H,7-8,11H2,1-2H3,(H,24,25)(H,28,29)/t13?,20?,23-/m1/s1. The van der Waals surface area contributed by atoms with Crippen molar-refractivity contribution >= 4 is 22.9 Å². The number of carboxylic acids is 1. The summed E-state index contributed by atoms with van der Waals surface area (Å²) >= 11 is 0. The van der Waals surface area contributed by atoms with Crippen LogP contribution < -0.4 is 0 Å². The molecule has 1 amide bonds. The third kappa shape index (κ3) is 2.58. The average Bonchev–Trinajstić information content (AvgIpc) is 3.18. The smallest absolute Gasteiger partial charge is 0.335 e. The molecule has 6 nitrogen and oxygen atoms in total. The molecule has 0 radical (unpaired) electrons. The molecule has 0 saturated carbocycles. The summed E-state index contributed by atoms with van der Waals surface area (Å²) in [6.45, 7) is 5.08. The lowest BCUT2D eigenvalue weighted by Gasteiger charge is -2.54. The summed E-state index contributed by atoms with van der Waals surface area (Å²) in [7, 11) is 0. The Morgan fingerprint density at radius 1 is 1.21 bits per heavy atom. The lowest BCUT2D eigenvalue weighted by Crippen LogP contribution is -2.59. The predicted molar refractivity (Wildman–Crippen MR) is 109 cm³/mol. The number of aromatic amines is 1. The fraction of sp³-hybridized carbons (Fsp3) is 0.348. The fourth-order valence-corrected chi connectivity index (χ4v) is 5.24. The summed E-state index contributed by atoms with van der Waals surface area (Å²) in [4.78, 5) is 34.2. The van der Waals surface area contributed by atoms with Gasteiger partial charge in [0, 0.05) is 18.2 Å². The molecule has 1 fully saturated rings. The van der Waals surface area contributed by atoms with Crippen LogP contribution in [0.15, 0.2) is 42.7 Å². The summed E-state index contributed by atoms with van der Waals surface area (Å²) in [6.07, 6.45) is 3.21. The van der Waals surface area contributed by atoms with Crippen molar-refractivity contribution in [2.45, 2.75) is 38.1 Å². The Balaban J connectivity index is 1.51. The van der Waals surface area contributed by atoms with Gasteiger partial charge in [-0.3, -0.25) is 4.79 Å². The first-order chi connectivity index (χ1) is 13.9. The first-order valence-electron chi connectivity index (χ1n) is 9.99. The van der Waals surface area contributed by atoms with E-state index in [1.807, 2.05) is 35.2 Å². The molecule has 148 valence electrons. The van der Waals surface area contributed by atoms with Crippen LogP contribution >= 0.6 is 0 Å². The molecular formula is C23H23N3O3. The fourth-order valence-electron chi connectivity index (χ4n) is 5.24. The van der Waals surface area contributed by atoms with Crippen molar-refractivity contribution in [1.29, 1.82) is 0 Å². The normalized spacial score (nSPS) is 25.7. The number of likely N-dealkylation sites (tertiary alicyclic amines) is 1. The highest BCUT2D eigenvalue weighted by molar-refractivity contribution is 5.97. The van der Waals surface area contributed by atoms with Crippen LogP contribution in [-0.2, 0) is 11.8 Å². The molecular weight excluding hydrogens is 366 g/mol. The number of piperidine rings is 1. The number of aromatic carboxylic acids is 1. The zero-order valence-corrected chi connectivity index (χ0v) is 16.5. The Morgan fingerprint density at radius 3 is 2.79 bits per heavy atom. The molecule has 0 spiro atoms. The summed E-state index contributed by atoms with van der Waals surface area (Å²) in [6, 6.07) is 11.1. The minimum absolute atomic E-state index is 0.0472. The van der Waals surface area contributed by atoms with E-state index in [4.69, 9.17) is 0 Å². The Hall–Kier alpha value is -3.15. The van der Waals surface area contributed by atoms with Crippen molar-refractivity contribution in [1.82, 2.24) is 14.9 Å². The van der Waals surface area contributed by atoms with E-state index >= 15 is 0 Å². The molecule has 1 aromatic heterocycles. The van der Waals surface area contributed by atoms with Crippen molar-refractivity contribution in [2.24, 2.45) is 5.92 Å². The van der Waals surface area contributed by atoms with Gasteiger partial charge in [-0.25, -0.2) is 9.78 Å². The number of aromatic nitrogens is 2. The van der Waals surface area contributed by atoms with Gasteiger partial charge in [0.15, 0.2) is 0 Å². The minimum Gasteiger partial charge on any atom is -0.478 e. The van der Waals surface area contributed by atoms with Crippen LogP contribution in [0.1, 0.15) is 52.1 Å². The van der Waals surface area contributed by atoms with E-state index in [0.717, 1.165) is 35.0 Å². The zero-order chi connectivity index (χ0) is 20.3. The molecule has 1 aliphatic carbocycles. The van der Waals surface area contributed by atoms with Crippen LogP contribution in [0.3, 0.4) is 0 Å². The maximum atomic E-state index is 13.4. The average molecular weight is 389 g/mol. The van der Waals surface area contributed by atoms with E-state index in [-0.39, 0.29) is 23.3 Å². The van der Waals surface area contributed by atoms with Crippen LogP contribution in [0.2, 0.25) is 0 Å². The monoisotopic (exact) mass is 389 g/mol. The topological polar surface area (TPSA) is 86.3 Å². The highest BCUT2D eigenvalue weighted by Gasteiger charge is 2.49. The molecule has 2 unspecified atom stereocenters. The highest BCUT2D eigenvalue weighted by Crippen LogP contribution is 2.49. The van der Waals surface area contributed by atoms with Crippen LogP contribution in [0.25, 0.3) is 11.0 Å². The number of H-pyrrole nitrogens is 1. The molecule has 6 heteroatoms. The summed E-state index contributed by atoms with van der Waals surface area (Å²) in [5, 5.41) is 9.40. The molecule has 3 atom stereocenters. The van der Waals surface area contributed by atoms with Gasteiger partial charge >= 0.3 is 5.97 Å². The predicted octanol–water partition coefficient (Wildman–Crippen LogP) is 3.63. The molecule has 2 heterocycles. The van der Waals surface area contributed by atoms with Gasteiger partial charge < -0.3 is 15.0 Å². The number of hydrogen-bond acceptors (Lipinski definition) is 3. The lowest BCUT2D eigenvalue weighted by molar-refractivity contribution is 0.0250. The van der Waals surface area contributed by atoms with Crippen LogP contribution in [-0.4, -0.2) is 44.4 Å². The van der Waals surface area contributed by atoms with Crippen LogP contribution in [0.4, 0.5) is 0 Å². The maximum absolute atomic E-state index is 13.4. The number of rotatable bonds is 2. The number of nitrogens with one attached hydrogen (secondary N) is 1. The van der Waals surface area contributed by atoms with E-state index < -0.39 is 5.97 Å². The van der Waals surface area contributed by atoms with E-state index in [9.17, 15) is 14.7 Å². The molecule has 5 rings (SSSR count).